The Morgan fingerprint density at radius 3 is 2.38 bits per heavy atom. The molecule has 0 saturated carbocycles. The summed E-state index contributed by atoms with van der Waals surface area (Å²) in [6.45, 7) is 9.07. The molecule has 1 N–H and O–H groups in total. The zero-order chi connectivity index (χ0) is 21.3. The van der Waals surface area contributed by atoms with Gasteiger partial charge in [0.05, 0.1) is 6.04 Å². The van der Waals surface area contributed by atoms with Crippen molar-refractivity contribution < 1.29 is 24.2 Å². The number of nitrogens with zero attached hydrogens (tertiary/aromatic N) is 3. The smallest absolute Gasteiger partial charge is 0.410 e. The van der Waals surface area contributed by atoms with Gasteiger partial charge in [0.25, 0.3) is 0 Å². The van der Waals surface area contributed by atoms with Gasteiger partial charge in [0.15, 0.2) is 0 Å². The largest absolute Gasteiger partial charge is 0.478 e. The summed E-state index contributed by atoms with van der Waals surface area (Å²) in [4.78, 5) is 41.2. The van der Waals surface area contributed by atoms with E-state index in [1.807, 2.05) is 45.0 Å². The lowest BCUT2D eigenvalue weighted by Crippen LogP contribution is -2.54. The van der Waals surface area contributed by atoms with E-state index in [0.29, 0.717) is 31.8 Å². The van der Waals surface area contributed by atoms with Crippen LogP contribution in [0.4, 0.5) is 15.3 Å². The third kappa shape index (κ3) is 4.70. The Labute approximate surface area is 170 Å². The number of piperazine rings is 1. The Balaban J connectivity index is 1.69. The molecule has 2 aliphatic heterocycles. The van der Waals surface area contributed by atoms with E-state index >= 15 is 0 Å². The molecule has 0 aromatic heterocycles. The molecule has 0 bridgehead atoms. The van der Waals surface area contributed by atoms with Gasteiger partial charge < -0.3 is 19.6 Å². The van der Waals surface area contributed by atoms with Gasteiger partial charge in [-0.25, -0.2) is 14.4 Å². The summed E-state index contributed by atoms with van der Waals surface area (Å²) in [5.41, 5.74) is 1.62. The third-order valence-corrected chi connectivity index (χ3v) is 4.98. The fourth-order valence-corrected chi connectivity index (χ4v) is 3.59. The first-order valence-electron chi connectivity index (χ1n) is 9.63. The normalized spacial score (nSPS) is 20.0. The Kier molecular flexibility index (Phi) is 5.55. The van der Waals surface area contributed by atoms with Gasteiger partial charge in [-0.3, -0.25) is 4.90 Å². The second-order valence-corrected chi connectivity index (χ2v) is 8.38. The van der Waals surface area contributed by atoms with E-state index in [2.05, 4.69) is 0 Å². The fraction of sp³-hybridized carbons (Fsp3) is 0.476. The number of rotatable bonds is 3. The average molecular weight is 401 g/mol. The number of allylic oxidation sites excluding steroid dienone is 1. The number of benzene rings is 1. The van der Waals surface area contributed by atoms with Crippen molar-refractivity contribution in [2.45, 2.75) is 39.3 Å². The molecule has 2 aliphatic rings. The van der Waals surface area contributed by atoms with Gasteiger partial charge >= 0.3 is 18.1 Å². The molecule has 1 aromatic rings. The summed E-state index contributed by atoms with van der Waals surface area (Å²) in [6.07, 6.45) is 0.801. The van der Waals surface area contributed by atoms with Crippen molar-refractivity contribution in [3.63, 3.8) is 0 Å². The highest BCUT2D eigenvalue weighted by atomic mass is 16.6. The van der Waals surface area contributed by atoms with E-state index < -0.39 is 11.6 Å². The monoisotopic (exact) mass is 401 g/mol. The number of carboxylic acid groups (broad SMARTS) is 1. The first kappa shape index (κ1) is 20.7. The number of ether oxygens (including phenoxy) is 1. The highest BCUT2D eigenvalue weighted by molar-refractivity contribution is 5.95. The Morgan fingerprint density at radius 2 is 1.79 bits per heavy atom. The quantitative estimate of drug-likeness (QED) is 0.786. The van der Waals surface area contributed by atoms with Crippen LogP contribution in [0, 0.1) is 0 Å². The van der Waals surface area contributed by atoms with Gasteiger partial charge in [-0.05, 0) is 51.0 Å². The van der Waals surface area contributed by atoms with E-state index in [9.17, 15) is 14.4 Å². The first-order chi connectivity index (χ1) is 13.5. The van der Waals surface area contributed by atoms with Crippen LogP contribution in [-0.2, 0) is 9.53 Å². The molecular weight excluding hydrogens is 374 g/mol. The van der Waals surface area contributed by atoms with Gasteiger partial charge in [-0.1, -0.05) is 12.1 Å². The summed E-state index contributed by atoms with van der Waals surface area (Å²) in [5.74, 6) is -0.993. The molecule has 3 rings (SSSR count). The summed E-state index contributed by atoms with van der Waals surface area (Å²) < 4.78 is 5.45. The molecule has 8 nitrogen and oxygen atoms in total. The number of urea groups is 1. The van der Waals surface area contributed by atoms with Crippen LogP contribution in [-0.4, -0.2) is 70.8 Å². The van der Waals surface area contributed by atoms with Crippen LogP contribution in [0.1, 0.15) is 33.3 Å². The fourth-order valence-electron chi connectivity index (χ4n) is 3.59. The van der Waals surface area contributed by atoms with Gasteiger partial charge in [0.2, 0.25) is 0 Å². The van der Waals surface area contributed by atoms with Crippen LogP contribution < -0.4 is 4.90 Å². The van der Waals surface area contributed by atoms with E-state index in [1.165, 1.54) is 0 Å². The van der Waals surface area contributed by atoms with E-state index in [1.54, 1.807) is 21.6 Å². The SMILES string of the molecule is C/C(=C\C(=O)O)c1ccc(N2C[C@@H]3CN(C(=O)OC(C)(C)C)CCN3C2=O)cc1. The van der Waals surface area contributed by atoms with Gasteiger partial charge in [-0.15, -0.1) is 0 Å². The van der Waals surface area contributed by atoms with Crippen molar-refractivity contribution in [1.82, 2.24) is 9.80 Å². The molecule has 0 aliphatic carbocycles. The maximum Gasteiger partial charge on any atom is 0.410 e. The van der Waals surface area contributed by atoms with Crippen molar-refractivity contribution in [3.05, 3.63) is 35.9 Å². The lowest BCUT2D eigenvalue weighted by Gasteiger charge is -2.36. The molecule has 2 saturated heterocycles. The van der Waals surface area contributed by atoms with Crippen LogP contribution in [0.25, 0.3) is 5.57 Å². The second-order valence-electron chi connectivity index (χ2n) is 8.38. The first-order valence-corrected chi connectivity index (χ1v) is 9.63. The summed E-state index contributed by atoms with van der Waals surface area (Å²) in [7, 11) is 0. The number of hydrogen-bond donors (Lipinski definition) is 1. The average Bonchev–Trinajstić information content (AvgIpc) is 2.96. The second kappa shape index (κ2) is 7.77. The predicted molar refractivity (Wildman–Crippen MR) is 109 cm³/mol. The third-order valence-electron chi connectivity index (χ3n) is 4.98. The molecule has 3 amide bonds. The minimum atomic E-state index is -0.993. The molecule has 29 heavy (non-hydrogen) atoms. The molecular formula is C21H27N3O5. The summed E-state index contributed by atoms with van der Waals surface area (Å²) in [6, 6.07) is 7.08. The predicted octanol–water partition coefficient (Wildman–Crippen LogP) is 3.04. The van der Waals surface area contributed by atoms with Crippen LogP contribution in [0.3, 0.4) is 0 Å². The van der Waals surface area contributed by atoms with Crippen LogP contribution in [0.15, 0.2) is 30.3 Å². The standard InChI is InChI=1S/C21H27N3O5/c1-14(11-18(25)26)15-5-7-16(8-6-15)24-13-17-12-22(9-10-23(17)19(24)27)20(28)29-21(2,3)4/h5-8,11,17H,9-10,12-13H2,1-4H3,(H,25,26)/b14-11+/t17-/m0/s1. The maximum atomic E-state index is 12.8. The maximum absolute atomic E-state index is 12.8. The number of carbonyl (C=O) groups is 3. The van der Waals surface area contributed by atoms with Crippen molar-refractivity contribution in [3.8, 4) is 0 Å². The zero-order valence-corrected chi connectivity index (χ0v) is 17.2. The van der Waals surface area contributed by atoms with E-state index in [-0.39, 0.29) is 18.2 Å². The van der Waals surface area contributed by atoms with Crippen LogP contribution in [0.2, 0.25) is 0 Å². The number of fused-ring (bicyclic) bond motifs is 1. The molecule has 0 radical (unpaired) electrons. The molecule has 8 heteroatoms. The van der Waals surface area contributed by atoms with Crippen LogP contribution in [0.5, 0.6) is 0 Å². The van der Waals surface area contributed by atoms with E-state index in [4.69, 9.17) is 9.84 Å². The number of anilines is 1. The molecule has 1 aromatic carbocycles. The molecule has 2 fully saturated rings. The molecule has 0 unspecified atom stereocenters. The Morgan fingerprint density at radius 1 is 1.14 bits per heavy atom. The molecule has 156 valence electrons. The number of hydrogen-bond acceptors (Lipinski definition) is 4. The number of amides is 3. The van der Waals surface area contributed by atoms with Crippen LogP contribution >= 0.6 is 0 Å². The topological polar surface area (TPSA) is 90.4 Å². The number of carbonyl (C=O) groups excluding carboxylic acids is 2. The summed E-state index contributed by atoms with van der Waals surface area (Å²) >= 11 is 0. The van der Waals surface area contributed by atoms with Crippen molar-refractivity contribution in [2.24, 2.45) is 0 Å². The molecule has 2 heterocycles. The van der Waals surface area contributed by atoms with Gasteiger partial charge in [0, 0.05) is 37.9 Å². The number of aliphatic carboxylic acids is 1. The van der Waals surface area contributed by atoms with Crippen molar-refractivity contribution in [1.29, 1.82) is 0 Å². The Bertz CT molecular complexity index is 841. The minimum absolute atomic E-state index is 0.0793. The van der Waals surface area contributed by atoms with Crippen molar-refractivity contribution in [2.75, 3.05) is 31.1 Å². The molecule has 0 spiro atoms. The number of carboxylic acids is 1. The van der Waals surface area contributed by atoms with Gasteiger partial charge in [0.1, 0.15) is 5.60 Å². The Hall–Kier alpha value is -3.03. The van der Waals surface area contributed by atoms with Crippen molar-refractivity contribution >= 4 is 29.4 Å². The van der Waals surface area contributed by atoms with E-state index in [0.717, 1.165) is 17.3 Å². The summed E-state index contributed by atoms with van der Waals surface area (Å²) in [5, 5.41) is 8.88. The molecule has 1 atom stereocenters. The lowest BCUT2D eigenvalue weighted by atomic mass is 10.1. The van der Waals surface area contributed by atoms with Gasteiger partial charge in [-0.2, -0.15) is 0 Å². The lowest BCUT2D eigenvalue weighted by molar-refractivity contribution is -0.131. The zero-order valence-electron chi connectivity index (χ0n) is 17.2. The highest BCUT2D eigenvalue weighted by Crippen LogP contribution is 2.28. The minimum Gasteiger partial charge on any atom is -0.478 e. The highest BCUT2D eigenvalue weighted by Gasteiger charge is 2.42.